The molecule has 1 aromatic carbocycles. The van der Waals surface area contributed by atoms with Gasteiger partial charge in [-0.3, -0.25) is 19.9 Å². The SMILES string of the molecule is CC(=O)O.CCCCN1CCC[C@H]1C(=O)NCc1ccc(C(=N)N)cc1. The number of nitrogen functional groups attached to an aromatic ring is 1. The minimum Gasteiger partial charge on any atom is -0.481 e. The zero-order valence-electron chi connectivity index (χ0n) is 15.6. The van der Waals surface area contributed by atoms with Crippen molar-refractivity contribution in [2.24, 2.45) is 5.73 Å². The molecule has 0 unspecified atom stereocenters. The quantitative estimate of drug-likeness (QED) is 0.436. The number of likely N-dealkylation sites (tertiary alicyclic amines) is 1. The van der Waals surface area contributed by atoms with Gasteiger partial charge in [0, 0.05) is 19.0 Å². The van der Waals surface area contributed by atoms with Crippen LogP contribution in [0.2, 0.25) is 0 Å². The fraction of sp³-hybridized carbons (Fsp3) is 0.526. The molecule has 26 heavy (non-hydrogen) atoms. The molecule has 1 fully saturated rings. The lowest BCUT2D eigenvalue weighted by Gasteiger charge is -2.23. The number of nitrogens with one attached hydrogen (secondary N) is 2. The number of aliphatic carboxylic acids is 1. The highest BCUT2D eigenvalue weighted by Gasteiger charge is 2.29. The summed E-state index contributed by atoms with van der Waals surface area (Å²) in [5.41, 5.74) is 7.16. The molecule has 1 aromatic rings. The van der Waals surface area contributed by atoms with E-state index in [2.05, 4.69) is 17.1 Å². The van der Waals surface area contributed by atoms with Crippen molar-refractivity contribution in [2.45, 2.75) is 52.1 Å². The minimum absolute atomic E-state index is 0.0306. The highest BCUT2D eigenvalue weighted by molar-refractivity contribution is 5.94. The Bertz CT molecular complexity index is 597. The van der Waals surface area contributed by atoms with Gasteiger partial charge in [-0.25, -0.2) is 0 Å². The van der Waals surface area contributed by atoms with Gasteiger partial charge < -0.3 is 16.2 Å². The largest absolute Gasteiger partial charge is 0.481 e. The lowest BCUT2D eigenvalue weighted by Crippen LogP contribution is -2.43. The molecule has 1 amide bonds. The molecule has 0 aromatic heterocycles. The molecule has 1 aliphatic rings. The average Bonchev–Trinajstić information content (AvgIpc) is 3.06. The average molecular weight is 362 g/mol. The fourth-order valence-electron chi connectivity index (χ4n) is 2.86. The molecule has 0 spiro atoms. The zero-order valence-corrected chi connectivity index (χ0v) is 15.6. The number of benzene rings is 1. The van der Waals surface area contributed by atoms with Crippen LogP contribution in [0.15, 0.2) is 24.3 Å². The minimum atomic E-state index is -0.833. The maximum absolute atomic E-state index is 12.4. The number of hydrogen-bond acceptors (Lipinski definition) is 4. The van der Waals surface area contributed by atoms with Crippen LogP contribution in [-0.4, -0.2) is 46.8 Å². The van der Waals surface area contributed by atoms with E-state index in [9.17, 15) is 4.79 Å². The number of nitrogens with zero attached hydrogens (tertiary/aromatic N) is 1. The molecule has 1 aliphatic heterocycles. The molecule has 2 rings (SSSR count). The monoisotopic (exact) mass is 362 g/mol. The summed E-state index contributed by atoms with van der Waals surface area (Å²) >= 11 is 0. The number of amidine groups is 1. The van der Waals surface area contributed by atoms with Crippen LogP contribution in [0.3, 0.4) is 0 Å². The third kappa shape index (κ3) is 7.65. The van der Waals surface area contributed by atoms with E-state index < -0.39 is 5.97 Å². The van der Waals surface area contributed by atoms with E-state index in [0.29, 0.717) is 12.1 Å². The number of carbonyl (C=O) groups excluding carboxylic acids is 1. The normalized spacial score (nSPS) is 16.5. The van der Waals surface area contributed by atoms with Gasteiger partial charge in [0.2, 0.25) is 5.91 Å². The van der Waals surface area contributed by atoms with Gasteiger partial charge in [-0.15, -0.1) is 0 Å². The predicted octanol–water partition coefficient (Wildman–Crippen LogP) is 1.94. The first-order valence-corrected chi connectivity index (χ1v) is 8.99. The van der Waals surface area contributed by atoms with Gasteiger partial charge in [-0.2, -0.15) is 0 Å². The van der Waals surface area contributed by atoms with Crippen molar-refractivity contribution in [3.8, 4) is 0 Å². The third-order valence-electron chi connectivity index (χ3n) is 4.20. The number of carboxylic acid groups (broad SMARTS) is 1. The van der Waals surface area contributed by atoms with Gasteiger partial charge in [0.15, 0.2) is 0 Å². The molecule has 1 atom stereocenters. The molecule has 0 saturated carbocycles. The van der Waals surface area contributed by atoms with Gasteiger partial charge in [-0.1, -0.05) is 37.6 Å². The van der Waals surface area contributed by atoms with Crippen molar-refractivity contribution in [1.29, 1.82) is 5.41 Å². The molecular weight excluding hydrogens is 332 g/mol. The summed E-state index contributed by atoms with van der Waals surface area (Å²) in [6.45, 7) is 5.83. The number of amides is 1. The van der Waals surface area contributed by atoms with Gasteiger partial charge in [0.25, 0.3) is 5.97 Å². The van der Waals surface area contributed by atoms with E-state index in [1.165, 1.54) is 0 Å². The second kappa shape index (κ2) is 11.3. The van der Waals surface area contributed by atoms with Gasteiger partial charge >= 0.3 is 0 Å². The van der Waals surface area contributed by atoms with E-state index in [1.54, 1.807) is 0 Å². The zero-order chi connectivity index (χ0) is 19.5. The number of unbranched alkanes of at least 4 members (excludes halogenated alkanes) is 1. The Labute approximate surface area is 155 Å². The van der Waals surface area contributed by atoms with Crippen molar-refractivity contribution >= 4 is 17.7 Å². The van der Waals surface area contributed by atoms with Crippen LogP contribution in [0, 0.1) is 5.41 Å². The molecule has 5 N–H and O–H groups in total. The van der Waals surface area contributed by atoms with Crippen molar-refractivity contribution < 1.29 is 14.7 Å². The van der Waals surface area contributed by atoms with Gasteiger partial charge in [0.05, 0.1) is 6.04 Å². The Hall–Kier alpha value is -2.41. The van der Waals surface area contributed by atoms with Crippen molar-refractivity contribution in [2.75, 3.05) is 13.1 Å². The van der Waals surface area contributed by atoms with E-state index in [-0.39, 0.29) is 17.8 Å². The Morgan fingerprint density at radius 3 is 2.50 bits per heavy atom. The molecule has 0 aliphatic carbocycles. The van der Waals surface area contributed by atoms with Gasteiger partial charge in [0.1, 0.15) is 5.84 Å². The van der Waals surface area contributed by atoms with Crippen LogP contribution in [0.25, 0.3) is 0 Å². The Morgan fingerprint density at radius 2 is 1.96 bits per heavy atom. The third-order valence-corrected chi connectivity index (χ3v) is 4.20. The summed E-state index contributed by atoms with van der Waals surface area (Å²) in [6.07, 6.45) is 4.37. The molecule has 7 nitrogen and oxygen atoms in total. The van der Waals surface area contributed by atoms with Gasteiger partial charge in [-0.05, 0) is 37.9 Å². The first-order chi connectivity index (χ1) is 12.3. The first kappa shape index (κ1) is 21.6. The summed E-state index contributed by atoms with van der Waals surface area (Å²) in [5.74, 6) is -0.641. The smallest absolute Gasteiger partial charge is 0.300 e. The second-order valence-electron chi connectivity index (χ2n) is 6.39. The van der Waals surface area contributed by atoms with E-state index in [4.69, 9.17) is 21.0 Å². The molecular formula is C19H30N4O3. The Kier molecular flexibility index (Phi) is 9.36. The summed E-state index contributed by atoms with van der Waals surface area (Å²) in [5, 5.41) is 17.8. The van der Waals surface area contributed by atoms with E-state index in [0.717, 1.165) is 51.3 Å². The van der Waals surface area contributed by atoms with Crippen LogP contribution in [0.1, 0.15) is 50.7 Å². The maximum atomic E-state index is 12.4. The van der Waals surface area contributed by atoms with Crippen LogP contribution < -0.4 is 11.1 Å². The Morgan fingerprint density at radius 1 is 1.35 bits per heavy atom. The van der Waals surface area contributed by atoms with Crippen LogP contribution >= 0.6 is 0 Å². The predicted molar refractivity (Wildman–Crippen MR) is 102 cm³/mol. The molecule has 144 valence electrons. The van der Waals surface area contributed by atoms with Crippen molar-refractivity contribution in [3.05, 3.63) is 35.4 Å². The number of rotatable bonds is 7. The van der Waals surface area contributed by atoms with E-state index >= 15 is 0 Å². The fourth-order valence-corrected chi connectivity index (χ4v) is 2.86. The topological polar surface area (TPSA) is 120 Å². The van der Waals surface area contributed by atoms with Crippen LogP contribution in [0.5, 0.6) is 0 Å². The standard InChI is InChI=1S/C17H26N4O.C2H4O2/c1-2-3-10-21-11-4-5-15(21)17(22)20-12-13-6-8-14(9-7-13)16(18)19;1-2(3)4/h6-9,15H,2-5,10-12H2,1H3,(H3,18,19)(H,20,22);1H3,(H,3,4)/t15-;/m0./s1. The van der Waals surface area contributed by atoms with Crippen molar-refractivity contribution in [3.63, 3.8) is 0 Å². The van der Waals surface area contributed by atoms with Crippen molar-refractivity contribution in [1.82, 2.24) is 10.2 Å². The number of hydrogen-bond donors (Lipinski definition) is 4. The summed E-state index contributed by atoms with van der Waals surface area (Å²) < 4.78 is 0. The number of carbonyl (C=O) groups is 2. The van der Waals surface area contributed by atoms with E-state index in [1.807, 2.05) is 24.3 Å². The second-order valence-corrected chi connectivity index (χ2v) is 6.39. The Balaban J connectivity index is 0.000000765. The number of nitrogens with two attached hydrogens (primary N) is 1. The maximum Gasteiger partial charge on any atom is 0.300 e. The van der Waals surface area contributed by atoms with Crippen LogP contribution in [0.4, 0.5) is 0 Å². The molecule has 7 heteroatoms. The lowest BCUT2D eigenvalue weighted by atomic mass is 10.1. The lowest BCUT2D eigenvalue weighted by molar-refractivity contribution is -0.134. The molecule has 0 radical (unpaired) electrons. The highest BCUT2D eigenvalue weighted by Crippen LogP contribution is 2.18. The van der Waals surface area contributed by atoms with Crippen LogP contribution in [-0.2, 0) is 16.1 Å². The number of carboxylic acids is 1. The summed E-state index contributed by atoms with van der Waals surface area (Å²) in [4.78, 5) is 23.7. The summed E-state index contributed by atoms with van der Waals surface area (Å²) in [6, 6.07) is 7.46. The summed E-state index contributed by atoms with van der Waals surface area (Å²) in [7, 11) is 0. The molecule has 1 heterocycles. The highest BCUT2D eigenvalue weighted by atomic mass is 16.4. The first-order valence-electron chi connectivity index (χ1n) is 8.99. The molecule has 0 bridgehead atoms. The molecule has 1 saturated heterocycles.